The Morgan fingerprint density at radius 3 is 2.62 bits per heavy atom. The van der Waals surface area contributed by atoms with Crippen LogP contribution in [0.5, 0.6) is 11.5 Å². The van der Waals surface area contributed by atoms with Crippen LogP contribution in [0.2, 0.25) is 0 Å². The van der Waals surface area contributed by atoms with Crippen molar-refractivity contribution in [1.29, 1.82) is 0 Å². The number of nitrogens with zero attached hydrogens (tertiary/aromatic N) is 2. The van der Waals surface area contributed by atoms with Gasteiger partial charge < -0.3 is 36.1 Å². The van der Waals surface area contributed by atoms with Crippen LogP contribution in [0.3, 0.4) is 0 Å². The van der Waals surface area contributed by atoms with Crippen molar-refractivity contribution >= 4 is 40.2 Å². The molecule has 2 amide bonds. The molecule has 2 heterocycles. The smallest absolute Gasteiger partial charge is 0.248 e. The van der Waals surface area contributed by atoms with Crippen LogP contribution in [0.25, 0.3) is 11.0 Å². The number of anilines is 3. The zero-order chi connectivity index (χ0) is 24.4. The second kappa shape index (κ2) is 9.35. The van der Waals surface area contributed by atoms with Crippen molar-refractivity contribution in [3.8, 4) is 11.5 Å². The summed E-state index contributed by atoms with van der Waals surface area (Å²) in [6.07, 6.45) is 1.50. The highest BCUT2D eigenvalue weighted by molar-refractivity contribution is 5.99. The van der Waals surface area contributed by atoms with Crippen LogP contribution in [0.15, 0.2) is 24.3 Å². The Balaban J connectivity index is 1.51. The number of primary amides is 2. The number of carbonyl (C=O) groups excluding carboxylic acids is 2. The van der Waals surface area contributed by atoms with Crippen LogP contribution in [0.4, 0.5) is 17.3 Å². The molecule has 1 aliphatic rings. The van der Waals surface area contributed by atoms with Gasteiger partial charge in [0.05, 0.1) is 24.4 Å². The minimum Gasteiger partial charge on any atom is -0.494 e. The summed E-state index contributed by atoms with van der Waals surface area (Å²) in [6.45, 7) is 0.965. The Morgan fingerprint density at radius 2 is 1.97 bits per heavy atom. The summed E-state index contributed by atoms with van der Waals surface area (Å²) >= 11 is 0. The predicted octanol–water partition coefficient (Wildman–Crippen LogP) is 1.91. The van der Waals surface area contributed by atoms with Gasteiger partial charge in [-0.15, -0.1) is 0 Å². The second-order valence-electron chi connectivity index (χ2n) is 7.87. The molecule has 34 heavy (non-hydrogen) atoms. The minimum atomic E-state index is -0.631. The molecule has 0 spiro atoms. The maximum absolute atomic E-state index is 11.6. The second-order valence-corrected chi connectivity index (χ2v) is 7.87. The lowest BCUT2D eigenvalue weighted by molar-refractivity contribution is 0.0991. The fourth-order valence-corrected chi connectivity index (χ4v) is 4.19. The molecule has 0 radical (unpaired) electrons. The molecule has 12 heteroatoms. The normalized spacial score (nSPS) is 14.4. The van der Waals surface area contributed by atoms with Crippen LogP contribution in [-0.2, 0) is 0 Å². The van der Waals surface area contributed by atoms with Gasteiger partial charge in [-0.25, -0.2) is 4.98 Å². The Morgan fingerprint density at radius 1 is 1.24 bits per heavy atom. The highest BCUT2D eigenvalue weighted by atomic mass is 16.5. The van der Waals surface area contributed by atoms with Gasteiger partial charge in [-0.2, -0.15) is 0 Å². The predicted molar refractivity (Wildman–Crippen MR) is 127 cm³/mol. The lowest BCUT2D eigenvalue weighted by atomic mass is 10.1. The number of aromatic nitrogens is 2. The average molecular weight is 470 g/mol. The lowest BCUT2D eigenvalue weighted by Crippen LogP contribution is -2.24. The van der Waals surface area contributed by atoms with Crippen molar-refractivity contribution < 1.29 is 24.3 Å². The van der Waals surface area contributed by atoms with E-state index >= 15 is 0 Å². The van der Waals surface area contributed by atoms with Crippen molar-refractivity contribution in [2.45, 2.75) is 18.9 Å². The van der Waals surface area contributed by atoms with Gasteiger partial charge >= 0.3 is 0 Å². The van der Waals surface area contributed by atoms with E-state index in [1.54, 1.807) is 19.2 Å². The zero-order valence-electron chi connectivity index (χ0n) is 18.8. The van der Waals surface area contributed by atoms with Crippen molar-refractivity contribution in [1.82, 2.24) is 9.55 Å². The van der Waals surface area contributed by atoms with E-state index in [-0.39, 0.29) is 17.3 Å². The van der Waals surface area contributed by atoms with Crippen molar-refractivity contribution in [2.75, 3.05) is 43.4 Å². The van der Waals surface area contributed by atoms with E-state index in [2.05, 4.69) is 25.7 Å². The van der Waals surface area contributed by atoms with Crippen molar-refractivity contribution in [3.63, 3.8) is 0 Å². The largest absolute Gasteiger partial charge is 0.494 e. The van der Waals surface area contributed by atoms with Gasteiger partial charge in [0.15, 0.2) is 0 Å². The summed E-state index contributed by atoms with van der Waals surface area (Å²) in [5, 5.41) is 15.9. The average Bonchev–Trinajstić information content (AvgIpc) is 3.22. The number of ether oxygens (including phenoxy) is 2. The summed E-state index contributed by atoms with van der Waals surface area (Å²) in [6, 6.07) is 6.28. The van der Waals surface area contributed by atoms with Gasteiger partial charge in [0.1, 0.15) is 29.3 Å². The minimum absolute atomic E-state index is 0.00995. The molecule has 0 fully saturated rings. The first kappa shape index (κ1) is 23.0. The van der Waals surface area contributed by atoms with Crippen LogP contribution in [0, 0.1) is 0 Å². The van der Waals surface area contributed by atoms with E-state index < -0.39 is 11.8 Å². The van der Waals surface area contributed by atoms with Crippen LogP contribution >= 0.6 is 0 Å². The number of benzene rings is 2. The van der Waals surface area contributed by atoms with Crippen LogP contribution < -0.4 is 37.1 Å². The number of carbonyl (C=O) groups is 2. The number of hydrogen-bond acceptors (Lipinski definition) is 9. The van der Waals surface area contributed by atoms with Crippen LogP contribution in [0.1, 0.15) is 39.6 Å². The van der Waals surface area contributed by atoms with E-state index in [1.165, 1.54) is 19.2 Å². The summed E-state index contributed by atoms with van der Waals surface area (Å²) in [4.78, 5) is 27.8. The molecule has 1 unspecified atom stereocenters. The number of hydrogen-bond donors (Lipinski definition) is 6. The molecule has 0 aliphatic carbocycles. The molecule has 1 aromatic heterocycles. The maximum Gasteiger partial charge on any atom is 0.248 e. The molecule has 0 saturated heterocycles. The molecule has 2 aromatic carbocycles. The lowest BCUT2D eigenvalue weighted by Gasteiger charge is -2.27. The fourth-order valence-electron chi connectivity index (χ4n) is 4.19. The topological polar surface area (TPSA) is 179 Å². The van der Waals surface area contributed by atoms with Crippen molar-refractivity contribution in [3.05, 3.63) is 35.4 Å². The first-order valence-corrected chi connectivity index (χ1v) is 10.7. The summed E-state index contributed by atoms with van der Waals surface area (Å²) in [5.74, 6) is 0.462. The molecule has 0 bridgehead atoms. The van der Waals surface area contributed by atoms with Gasteiger partial charge in [-0.05, 0) is 37.1 Å². The Bertz CT molecular complexity index is 1230. The molecule has 8 N–H and O–H groups in total. The number of nitrogens with one attached hydrogen (secondary N) is 3. The van der Waals surface area contributed by atoms with E-state index in [4.69, 9.17) is 20.9 Å². The Kier molecular flexibility index (Phi) is 6.32. The van der Waals surface area contributed by atoms with E-state index in [9.17, 15) is 14.8 Å². The molecule has 0 saturated carbocycles. The molecular weight excluding hydrogens is 442 g/mol. The first-order valence-electron chi connectivity index (χ1n) is 10.7. The van der Waals surface area contributed by atoms with Crippen LogP contribution in [-0.4, -0.2) is 53.9 Å². The van der Waals surface area contributed by atoms with E-state index in [1.807, 2.05) is 0 Å². The molecule has 4 rings (SSSR count). The molecule has 1 atom stereocenters. The maximum atomic E-state index is 11.6. The summed E-state index contributed by atoms with van der Waals surface area (Å²) in [7, 11) is 3.26. The number of nitrogens with two attached hydrogens (primary N) is 2. The van der Waals surface area contributed by atoms with Gasteiger partial charge in [0.2, 0.25) is 17.8 Å². The Labute approximate surface area is 195 Å². The third kappa shape index (κ3) is 4.10. The van der Waals surface area contributed by atoms with Gasteiger partial charge in [-0.3, -0.25) is 20.3 Å². The molecule has 3 aromatic rings. The monoisotopic (exact) mass is 469 g/mol. The number of amides is 2. The third-order valence-corrected chi connectivity index (χ3v) is 5.80. The SMILES string of the molecule is CNc1nc2cc(C(N)=O)cc3c2n1C(CCCNc1c(NO)cc(C(N)=O)cc1OC)CO3. The highest BCUT2D eigenvalue weighted by Crippen LogP contribution is 2.39. The number of methoxy groups -OCH3 is 1. The Hall–Kier alpha value is -4.19. The first-order chi connectivity index (χ1) is 16.4. The van der Waals surface area contributed by atoms with Gasteiger partial charge in [0, 0.05) is 24.7 Å². The molecule has 12 nitrogen and oxygen atoms in total. The standard InChI is InChI=1S/C22H27N7O5/c1-25-22-27-15-7-12(21(24)31)9-17-19(15)29(22)13(10-34-17)4-3-5-26-18-14(28-32)6-11(20(23)30)8-16(18)33-2/h6-9,13,26,28,32H,3-5,10H2,1-2H3,(H2,23,30)(H2,24,31)(H,25,27). The third-order valence-electron chi connectivity index (χ3n) is 5.80. The van der Waals surface area contributed by atoms with E-state index in [0.717, 1.165) is 18.4 Å². The zero-order valence-corrected chi connectivity index (χ0v) is 18.8. The quantitative estimate of drug-likeness (QED) is 0.191. The summed E-state index contributed by atoms with van der Waals surface area (Å²) in [5.41, 5.74) is 15.7. The molecule has 1 aliphatic heterocycles. The number of rotatable bonds is 10. The molecular formula is C22H27N7O5. The van der Waals surface area contributed by atoms with Crippen molar-refractivity contribution in [2.24, 2.45) is 11.5 Å². The fraction of sp³-hybridized carbons (Fsp3) is 0.318. The highest BCUT2D eigenvalue weighted by Gasteiger charge is 2.27. The number of imidazole rings is 1. The van der Waals surface area contributed by atoms with Gasteiger partial charge in [0.25, 0.3) is 0 Å². The van der Waals surface area contributed by atoms with Gasteiger partial charge in [-0.1, -0.05) is 0 Å². The van der Waals surface area contributed by atoms with E-state index in [0.29, 0.717) is 47.4 Å². The molecule has 180 valence electrons. The summed E-state index contributed by atoms with van der Waals surface area (Å²) < 4.78 is 13.4.